The Balaban J connectivity index is 2.43. The van der Waals surface area contributed by atoms with Gasteiger partial charge in [-0.3, -0.25) is 0 Å². The number of hydrogen-bond acceptors (Lipinski definition) is 4. The lowest BCUT2D eigenvalue weighted by molar-refractivity contribution is 0.155. The highest BCUT2D eigenvalue weighted by molar-refractivity contribution is 4.71. The number of rotatable bonds is 3. The fourth-order valence-electron chi connectivity index (χ4n) is 0.712. The second-order valence-corrected chi connectivity index (χ2v) is 2.56. The Bertz CT molecular complexity index is 196. The van der Waals surface area contributed by atoms with Gasteiger partial charge in [-0.15, -0.1) is 10.2 Å². The van der Waals surface area contributed by atoms with Crippen LogP contribution in [0.1, 0.15) is 6.92 Å². The molecule has 0 aromatic carbocycles. The maximum atomic E-state index is 9.04. The van der Waals surface area contributed by atoms with Crippen molar-refractivity contribution in [2.75, 3.05) is 0 Å². The summed E-state index contributed by atoms with van der Waals surface area (Å²) in [4.78, 5) is 0. The minimum atomic E-state index is -0.502. The fourth-order valence-corrected chi connectivity index (χ4v) is 0.712. The van der Waals surface area contributed by atoms with E-state index < -0.39 is 6.10 Å². The van der Waals surface area contributed by atoms with Crippen molar-refractivity contribution in [3.63, 3.8) is 0 Å². The molecule has 0 radical (unpaired) electrons. The topological polar surface area (TPSA) is 77.0 Å². The molecule has 0 fully saturated rings. The Morgan fingerprint density at radius 3 is 2.55 bits per heavy atom. The summed E-state index contributed by atoms with van der Waals surface area (Å²) < 4.78 is 1.73. The Labute approximate surface area is 64.9 Å². The largest absolute Gasteiger partial charge is 0.392 e. The van der Waals surface area contributed by atoms with Crippen LogP contribution in [0.25, 0.3) is 0 Å². The smallest absolute Gasteiger partial charge is 0.119 e. The number of nitrogens with two attached hydrogens (primary N) is 1. The number of hydrogen-bond donors (Lipinski definition) is 2. The van der Waals surface area contributed by atoms with Crippen molar-refractivity contribution < 1.29 is 5.11 Å². The number of aliphatic hydroxyl groups is 1. The molecule has 1 aromatic heterocycles. The zero-order valence-corrected chi connectivity index (χ0v) is 6.38. The lowest BCUT2D eigenvalue weighted by Gasteiger charge is -2.13. The molecule has 0 bridgehead atoms. The van der Waals surface area contributed by atoms with Gasteiger partial charge in [0.1, 0.15) is 12.7 Å². The highest BCUT2D eigenvalue weighted by Gasteiger charge is 2.08. The van der Waals surface area contributed by atoms with Crippen molar-refractivity contribution >= 4 is 0 Å². The number of aromatic nitrogens is 3. The predicted molar refractivity (Wildman–Crippen MR) is 39.7 cm³/mol. The van der Waals surface area contributed by atoms with Gasteiger partial charge < -0.3 is 15.4 Å². The van der Waals surface area contributed by atoms with Crippen molar-refractivity contribution in [1.82, 2.24) is 14.8 Å². The molecular formula is C6H12N4O. The van der Waals surface area contributed by atoms with Gasteiger partial charge >= 0.3 is 0 Å². The molecule has 5 nitrogen and oxygen atoms in total. The van der Waals surface area contributed by atoms with Crippen LogP contribution in [0.4, 0.5) is 0 Å². The Kier molecular flexibility index (Phi) is 2.56. The average Bonchev–Trinajstić information content (AvgIpc) is 2.39. The molecule has 1 aromatic rings. The Hall–Kier alpha value is -0.940. The molecule has 5 heteroatoms. The molecule has 0 saturated carbocycles. The molecule has 2 atom stereocenters. The van der Waals surface area contributed by atoms with E-state index in [0.29, 0.717) is 6.54 Å². The molecule has 1 heterocycles. The zero-order chi connectivity index (χ0) is 8.27. The fraction of sp³-hybridized carbons (Fsp3) is 0.667. The van der Waals surface area contributed by atoms with E-state index in [0.717, 1.165) is 0 Å². The van der Waals surface area contributed by atoms with Crippen LogP contribution in [-0.2, 0) is 6.54 Å². The van der Waals surface area contributed by atoms with Crippen LogP contribution in [0, 0.1) is 0 Å². The van der Waals surface area contributed by atoms with Crippen LogP contribution in [0.3, 0.4) is 0 Å². The first-order valence-corrected chi connectivity index (χ1v) is 3.46. The normalized spacial score (nSPS) is 16.3. The summed E-state index contributed by atoms with van der Waals surface area (Å²) in [7, 11) is 0. The summed E-state index contributed by atoms with van der Waals surface area (Å²) in [6.07, 6.45) is 2.64. The SMILES string of the molecule is CC(O)C(N)Cn1cnnc1. The van der Waals surface area contributed by atoms with Crippen LogP contribution in [-0.4, -0.2) is 32.0 Å². The van der Waals surface area contributed by atoms with Crippen LogP contribution in [0.5, 0.6) is 0 Å². The maximum absolute atomic E-state index is 9.04. The van der Waals surface area contributed by atoms with Gasteiger partial charge in [-0.1, -0.05) is 0 Å². The highest BCUT2D eigenvalue weighted by Crippen LogP contribution is 1.92. The summed E-state index contributed by atoms with van der Waals surface area (Å²) in [5.74, 6) is 0. The van der Waals surface area contributed by atoms with E-state index >= 15 is 0 Å². The molecule has 0 aliphatic rings. The van der Waals surface area contributed by atoms with Crippen LogP contribution in [0.15, 0.2) is 12.7 Å². The molecule has 3 N–H and O–H groups in total. The van der Waals surface area contributed by atoms with Gasteiger partial charge in [0.15, 0.2) is 0 Å². The third-order valence-corrected chi connectivity index (χ3v) is 1.51. The minimum Gasteiger partial charge on any atom is -0.392 e. The molecule has 0 aliphatic carbocycles. The maximum Gasteiger partial charge on any atom is 0.119 e. The first kappa shape index (κ1) is 8.16. The Morgan fingerprint density at radius 1 is 1.55 bits per heavy atom. The van der Waals surface area contributed by atoms with Gasteiger partial charge in [0.2, 0.25) is 0 Å². The van der Waals surface area contributed by atoms with E-state index in [2.05, 4.69) is 10.2 Å². The highest BCUT2D eigenvalue weighted by atomic mass is 16.3. The summed E-state index contributed by atoms with van der Waals surface area (Å²) in [5, 5.41) is 16.3. The van der Waals surface area contributed by atoms with Gasteiger partial charge in [-0.25, -0.2) is 0 Å². The van der Waals surface area contributed by atoms with Gasteiger partial charge in [0.05, 0.1) is 6.10 Å². The van der Waals surface area contributed by atoms with Crippen LogP contribution >= 0.6 is 0 Å². The molecule has 0 spiro atoms. The van der Waals surface area contributed by atoms with E-state index in [9.17, 15) is 0 Å². The molecular weight excluding hydrogens is 144 g/mol. The summed E-state index contributed by atoms with van der Waals surface area (Å²) in [5.41, 5.74) is 5.58. The molecule has 2 unspecified atom stereocenters. The molecule has 0 amide bonds. The van der Waals surface area contributed by atoms with Crippen LogP contribution < -0.4 is 5.73 Å². The van der Waals surface area contributed by atoms with Crippen molar-refractivity contribution in [1.29, 1.82) is 0 Å². The van der Waals surface area contributed by atoms with E-state index in [1.54, 1.807) is 24.1 Å². The van der Waals surface area contributed by atoms with Crippen molar-refractivity contribution in [2.45, 2.75) is 25.6 Å². The predicted octanol–water partition coefficient (Wildman–Crippen LogP) is -1.01. The monoisotopic (exact) mass is 156 g/mol. The van der Waals surface area contributed by atoms with Gasteiger partial charge in [0.25, 0.3) is 0 Å². The average molecular weight is 156 g/mol. The first-order chi connectivity index (χ1) is 5.20. The van der Waals surface area contributed by atoms with Gasteiger partial charge in [-0.2, -0.15) is 0 Å². The molecule has 0 aliphatic heterocycles. The summed E-state index contributed by atoms with van der Waals surface area (Å²) in [6.45, 7) is 2.21. The van der Waals surface area contributed by atoms with E-state index in [1.807, 2.05) is 0 Å². The second kappa shape index (κ2) is 3.45. The lowest BCUT2D eigenvalue weighted by atomic mass is 10.2. The molecule has 11 heavy (non-hydrogen) atoms. The lowest BCUT2D eigenvalue weighted by Crippen LogP contribution is -2.36. The van der Waals surface area contributed by atoms with E-state index in [4.69, 9.17) is 10.8 Å². The third kappa shape index (κ3) is 2.28. The first-order valence-electron chi connectivity index (χ1n) is 3.46. The van der Waals surface area contributed by atoms with Gasteiger partial charge in [0, 0.05) is 12.6 Å². The quantitative estimate of drug-likeness (QED) is 0.587. The molecule has 1 rings (SSSR count). The standard InChI is InChI=1S/C6H12N4O/c1-5(11)6(7)2-10-3-8-9-4-10/h3-6,11H,2,7H2,1H3. The zero-order valence-electron chi connectivity index (χ0n) is 6.38. The molecule has 62 valence electrons. The Morgan fingerprint density at radius 2 is 2.09 bits per heavy atom. The molecule has 0 saturated heterocycles. The van der Waals surface area contributed by atoms with Crippen LogP contribution in [0.2, 0.25) is 0 Å². The minimum absolute atomic E-state index is 0.258. The summed E-state index contributed by atoms with van der Waals surface area (Å²) in [6, 6.07) is -0.258. The van der Waals surface area contributed by atoms with E-state index in [-0.39, 0.29) is 6.04 Å². The van der Waals surface area contributed by atoms with Gasteiger partial charge in [-0.05, 0) is 6.92 Å². The van der Waals surface area contributed by atoms with E-state index in [1.165, 1.54) is 0 Å². The summed E-state index contributed by atoms with van der Waals surface area (Å²) >= 11 is 0. The number of nitrogens with zero attached hydrogens (tertiary/aromatic N) is 3. The van der Waals surface area contributed by atoms with Crippen molar-refractivity contribution in [3.05, 3.63) is 12.7 Å². The van der Waals surface area contributed by atoms with Crippen molar-refractivity contribution in [3.8, 4) is 0 Å². The third-order valence-electron chi connectivity index (χ3n) is 1.51. The van der Waals surface area contributed by atoms with Crippen molar-refractivity contribution in [2.24, 2.45) is 5.73 Å². The number of aliphatic hydroxyl groups excluding tert-OH is 1. The second-order valence-electron chi connectivity index (χ2n) is 2.56.